The van der Waals surface area contributed by atoms with Gasteiger partial charge < -0.3 is 0 Å². The molecule has 0 amide bonds. The number of hydrogen-bond acceptors (Lipinski definition) is 2. The van der Waals surface area contributed by atoms with Crippen molar-refractivity contribution in [3.63, 3.8) is 0 Å². The van der Waals surface area contributed by atoms with E-state index >= 15 is 0 Å². The summed E-state index contributed by atoms with van der Waals surface area (Å²) in [5.41, 5.74) is 4.31. The van der Waals surface area contributed by atoms with Crippen LogP contribution in [0.2, 0.25) is 0 Å². The number of hydrazine groups is 1. The molecule has 2 nitrogen and oxygen atoms in total. The van der Waals surface area contributed by atoms with Gasteiger partial charge in [-0.15, -0.1) is 0 Å². The van der Waals surface area contributed by atoms with Crippen molar-refractivity contribution in [1.82, 2.24) is 5.43 Å². The fourth-order valence-corrected chi connectivity index (χ4v) is 2.80. The summed E-state index contributed by atoms with van der Waals surface area (Å²) in [6, 6.07) is 10.9. The highest BCUT2D eigenvalue weighted by atomic mass is 15.2. The van der Waals surface area contributed by atoms with Gasteiger partial charge in [0.15, 0.2) is 0 Å². The molecule has 0 heterocycles. The predicted octanol–water partition coefficient (Wildman–Crippen LogP) is 2.63. The second-order valence-corrected chi connectivity index (χ2v) is 4.63. The Labute approximate surface area is 91.8 Å². The summed E-state index contributed by atoms with van der Waals surface area (Å²) in [5.74, 6) is 7.17. The molecule has 3 N–H and O–H groups in total. The van der Waals surface area contributed by atoms with Crippen LogP contribution in [0, 0.1) is 11.8 Å². The molecule has 0 saturated heterocycles. The van der Waals surface area contributed by atoms with Crippen LogP contribution in [0.1, 0.15) is 37.8 Å². The number of benzene rings is 1. The van der Waals surface area contributed by atoms with Crippen LogP contribution in [0.15, 0.2) is 30.3 Å². The maximum atomic E-state index is 5.70. The molecule has 15 heavy (non-hydrogen) atoms. The van der Waals surface area contributed by atoms with Crippen molar-refractivity contribution < 1.29 is 0 Å². The molecule has 3 atom stereocenters. The zero-order valence-corrected chi connectivity index (χ0v) is 9.32. The predicted molar refractivity (Wildman–Crippen MR) is 63.0 cm³/mol. The smallest absolute Gasteiger partial charge is 0.0490 e. The monoisotopic (exact) mass is 204 g/mol. The van der Waals surface area contributed by atoms with Gasteiger partial charge in [0.2, 0.25) is 0 Å². The molecule has 1 aliphatic rings. The van der Waals surface area contributed by atoms with Gasteiger partial charge in [-0.3, -0.25) is 11.3 Å². The molecule has 0 aliphatic heterocycles. The molecule has 3 unspecified atom stereocenters. The van der Waals surface area contributed by atoms with E-state index in [0.29, 0.717) is 12.0 Å². The molecular weight excluding hydrogens is 184 g/mol. The van der Waals surface area contributed by atoms with E-state index in [1.807, 2.05) is 0 Å². The van der Waals surface area contributed by atoms with E-state index in [2.05, 4.69) is 42.7 Å². The molecule has 0 bridgehead atoms. The van der Waals surface area contributed by atoms with Crippen molar-refractivity contribution in [1.29, 1.82) is 0 Å². The molecule has 1 aliphatic carbocycles. The van der Waals surface area contributed by atoms with Crippen LogP contribution in [0.25, 0.3) is 0 Å². The highest BCUT2D eigenvalue weighted by molar-refractivity contribution is 5.20. The van der Waals surface area contributed by atoms with Crippen LogP contribution in [0.4, 0.5) is 0 Å². The molecule has 2 heteroatoms. The molecule has 0 spiro atoms. The lowest BCUT2D eigenvalue weighted by molar-refractivity contribution is 0.304. The zero-order chi connectivity index (χ0) is 10.7. The fraction of sp³-hybridized carbons (Fsp3) is 0.538. The van der Waals surface area contributed by atoms with Crippen molar-refractivity contribution >= 4 is 0 Å². The summed E-state index contributed by atoms with van der Waals surface area (Å²) in [6.45, 7) is 2.34. The first kappa shape index (κ1) is 10.7. The third kappa shape index (κ3) is 2.21. The van der Waals surface area contributed by atoms with Crippen molar-refractivity contribution in [2.24, 2.45) is 17.7 Å². The molecule has 1 saturated carbocycles. The maximum Gasteiger partial charge on any atom is 0.0490 e. The van der Waals surface area contributed by atoms with Crippen molar-refractivity contribution in [3.8, 4) is 0 Å². The summed E-state index contributed by atoms with van der Waals surface area (Å²) in [6.07, 6.45) is 3.98. The third-order valence-electron chi connectivity index (χ3n) is 3.69. The van der Waals surface area contributed by atoms with E-state index in [9.17, 15) is 0 Å². The van der Waals surface area contributed by atoms with Gasteiger partial charge in [-0.2, -0.15) is 0 Å². The standard InChI is InChI=1S/C13H20N2/c1-10-6-5-9-12(10)13(15-14)11-7-3-2-4-8-11/h2-4,7-8,10,12-13,15H,5-6,9,14H2,1H3. The topological polar surface area (TPSA) is 38.0 Å². The summed E-state index contributed by atoms with van der Waals surface area (Å²) in [4.78, 5) is 0. The van der Waals surface area contributed by atoms with Crippen molar-refractivity contribution in [2.45, 2.75) is 32.2 Å². The molecule has 1 aromatic carbocycles. The second-order valence-electron chi connectivity index (χ2n) is 4.63. The Kier molecular flexibility index (Phi) is 3.39. The van der Waals surface area contributed by atoms with Gasteiger partial charge in [-0.05, 0) is 23.8 Å². The van der Waals surface area contributed by atoms with Crippen LogP contribution >= 0.6 is 0 Å². The van der Waals surface area contributed by atoms with E-state index in [0.717, 1.165) is 5.92 Å². The summed E-state index contributed by atoms with van der Waals surface area (Å²) in [5, 5.41) is 0. The third-order valence-corrected chi connectivity index (χ3v) is 3.69. The maximum absolute atomic E-state index is 5.70. The minimum atomic E-state index is 0.323. The van der Waals surface area contributed by atoms with Gasteiger partial charge in [0.25, 0.3) is 0 Å². The van der Waals surface area contributed by atoms with Gasteiger partial charge in [-0.1, -0.05) is 50.1 Å². The Hall–Kier alpha value is -0.860. The minimum absolute atomic E-state index is 0.323. The van der Waals surface area contributed by atoms with E-state index in [4.69, 9.17) is 5.84 Å². The zero-order valence-electron chi connectivity index (χ0n) is 9.32. The van der Waals surface area contributed by atoms with Gasteiger partial charge in [0, 0.05) is 6.04 Å². The molecule has 0 aromatic heterocycles. The van der Waals surface area contributed by atoms with Crippen molar-refractivity contribution in [2.75, 3.05) is 0 Å². The molecule has 2 rings (SSSR count). The van der Waals surface area contributed by atoms with Crippen LogP contribution in [-0.4, -0.2) is 0 Å². The van der Waals surface area contributed by atoms with Crippen LogP contribution in [0.3, 0.4) is 0 Å². The summed E-state index contributed by atoms with van der Waals surface area (Å²) < 4.78 is 0. The van der Waals surface area contributed by atoms with Crippen molar-refractivity contribution in [3.05, 3.63) is 35.9 Å². The Balaban J connectivity index is 2.17. The first-order chi connectivity index (χ1) is 7.33. The van der Waals surface area contributed by atoms with Crippen LogP contribution < -0.4 is 11.3 Å². The molecule has 1 fully saturated rings. The lowest BCUT2D eigenvalue weighted by Crippen LogP contribution is -2.34. The minimum Gasteiger partial charge on any atom is -0.271 e. The Morgan fingerprint density at radius 1 is 1.27 bits per heavy atom. The van der Waals surface area contributed by atoms with Gasteiger partial charge in [-0.25, -0.2) is 0 Å². The Morgan fingerprint density at radius 3 is 2.53 bits per heavy atom. The second kappa shape index (κ2) is 4.77. The highest BCUT2D eigenvalue weighted by Crippen LogP contribution is 2.39. The summed E-state index contributed by atoms with van der Waals surface area (Å²) in [7, 11) is 0. The highest BCUT2D eigenvalue weighted by Gasteiger charge is 2.30. The first-order valence-electron chi connectivity index (χ1n) is 5.84. The first-order valence-corrected chi connectivity index (χ1v) is 5.84. The molecule has 82 valence electrons. The van der Waals surface area contributed by atoms with Gasteiger partial charge >= 0.3 is 0 Å². The number of rotatable bonds is 3. The van der Waals surface area contributed by atoms with E-state index < -0.39 is 0 Å². The lowest BCUT2D eigenvalue weighted by Gasteiger charge is -2.26. The normalized spacial score (nSPS) is 27.9. The molecular formula is C13H20N2. The largest absolute Gasteiger partial charge is 0.271 e. The average Bonchev–Trinajstić information content (AvgIpc) is 2.68. The fourth-order valence-electron chi connectivity index (χ4n) is 2.80. The molecule has 0 radical (unpaired) electrons. The van der Waals surface area contributed by atoms with Gasteiger partial charge in [0.1, 0.15) is 0 Å². The SMILES string of the molecule is CC1CCCC1C(NN)c1ccccc1. The average molecular weight is 204 g/mol. The number of nitrogens with one attached hydrogen (secondary N) is 1. The lowest BCUT2D eigenvalue weighted by atomic mass is 9.86. The van der Waals surface area contributed by atoms with Gasteiger partial charge in [0.05, 0.1) is 0 Å². The van der Waals surface area contributed by atoms with Crippen LogP contribution in [0.5, 0.6) is 0 Å². The summed E-state index contributed by atoms with van der Waals surface area (Å²) >= 11 is 0. The van der Waals surface area contributed by atoms with E-state index in [1.54, 1.807) is 0 Å². The Morgan fingerprint density at radius 2 is 2.00 bits per heavy atom. The van der Waals surface area contributed by atoms with E-state index in [-0.39, 0.29) is 0 Å². The number of hydrogen-bond donors (Lipinski definition) is 2. The molecule has 1 aromatic rings. The Bertz CT molecular complexity index is 297. The quantitative estimate of drug-likeness (QED) is 0.586. The van der Waals surface area contributed by atoms with E-state index in [1.165, 1.54) is 24.8 Å². The number of nitrogens with two attached hydrogens (primary N) is 1. The van der Waals surface area contributed by atoms with Crippen LogP contribution in [-0.2, 0) is 0 Å².